The topological polar surface area (TPSA) is 53.6 Å². The summed E-state index contributed by atoms with van der Waals surface area (Å²) in [5.74, 6) is 0.898. The molecule has 0 atom stereocenters. The summed E-state index contributed by atoms with van der Waals surface area (Å²) in [6, 6.07) is 8.50. The highest BCUT2D eigenvalue weighted by Crippen LogP contribution is 2.28. The van der Waals surface area contributed by atoms with Crippen LogP contribution in [-0.2, 0) is 6.42 Å². The molecule has 4 heteroatoms. The smallest absolute Gasteiger partial charge is 0.178 e. The molecular formula is C16H16N4. The third-order valence-electron chi connectivity index (χ3n) is 3.92. The van der Waals surface area contributed by atoms with Gasteiger partial charge < -0.3 is 10.3 Å². The Bertz CT molecular complexity index is 788. The lowest BCUT2D eigenvalue weighted by atomic mass is 10.0. The molecule has 0 fully saturated rings. The normalized spacial score (nSPS) is 14.1. The van der Waals surface area contributed by atoms with E-state index in [0.717, 1.165) is 35.5 Å². The molecule has 100 valence electrons. The quantitative estimate of drug-likeness (QED) is 0.709. The summed E-state index contributed by atoms with van der Waals surface area (Å²) >= 11 is 0. The van der Waals surface area contributed by atoms with Crippen LogP contribution in [-0.4, -0.2) is 21.5 Å². The Labute approximate surface area is 117 Å². The van der Waals surface area contributed by atoms with Crippen LogP contribution in [0.4, 0.5) is 5.69 Å². The van der Waals surface area contributed by atoms with Gasteiger partial charge in [0.25, 0.3) is 0 Å². The lowest BCUT2D eigenvalue weighted by Crippen LogP contribution is -2.11. The van der Waals surface area contributed by atoms with E-state index in [9.17, 15) is 0 Å². The Kier molecular flexibility index (Phi) is 2.49. The van der Waals surface area contributed by atoms with Crippen molar-refractivity contribution in [2.24, 2.45) is 0 Å². The molecule has 0 amide bonds. The molecule has 1 aromatic carbocycles. The van der Waals surface area contributed by atoms with Crippen LogP contribution in [0.5, 0.6) is 0 Å². The van der Waals surface area contributed by atoms with Gasteiger partial charge in [0.2, 0.25) is 0 Å². The van der Waals surface area contributed by atoms with Gasteiger partial charge >= 0.3 is 0 Å². The van der Waals surface area contributed by atoms with Crippen LogP contribution in [0.2, 0.25) is 0 Å². The first-order valence-corrected chi connectivity index (χ1v) is 7.00. The standard InChI is InChI=1S/C16H16N4/c1-10-6-8-18-16-14(10)19-15(20-16)12-4-5-13-11(9-12)3-2-7-17-13/h4-6,8-9,17H,2-3,7H2,1H3,(H,18,19,20). The minimum atomic E-state index is 0.788. The van der Waals surface area contributed by atoms with E-state index in [1.165, 1.54) is 23.2 Å². The first kappa shape index (κ1) is 11.5. The van der Waals surface area contributed by atoms with Gasteiger partial charge in [-0.25, -0.2) is 9.97 Å². The molecule has 1 aliphatic rings. The first-order valence-electron chi connectivity index (χ1n) is 7.00. The van der Waals surface area contributed by atoms with E-state index in [4.69, 9.17) is 0 Å². The molecule has 0 unspecified atom stereocenters. The highest BCUT2D eigenvalue weighted by Gasteiger charge is 2.12. The fourth-order valence-corrected chi connectivity index (χ4v) is 2.79. The second-order valence-electron chi connectivity index (χ2n) is 5.31. The number of pyridine rings is 1. The summed E-state index contributed by atoms with van der Waals surface area (Å²) in [7, 11) is 0. The van der Waals surface area contributed by atoms with E-state index in [0.29, 0.717) is 0 Å². The van der Waals surface area contributed by atoms with E-state index in [1.54, 1.807) is 6.20 Å². The molecule has 0 saturated carbocycles. The molecule has 4 rings (SSSR count). The number of anilines is 1. The molecule has 4 nitrogen and oxygen atoms in total. The minimum Gasteiger partial charge on any atom is -0.385 e. The number of hydrogen-bond acceptors (Lipinski definition) is 3. The Morgan fingerprint density at radius 3 is 3.05 bits per heavy atom. The number of nitrogens with zero attached hydrogens (tertiary/aromatic N) is 2. The summed E-state index contributed by atoms with van der Waals surface area (Å²) < 4.78 is 0. The molecule has 1 aliphatic heterocycles. The lowest BCUT2D eigenvalue weighted by molar-refractivity contribution is 0.830. The van der Waals surface area contributed by atoms with Crippen molar-refractivity contribution in [2.75, 3.05) is 11.9 Å². The fraction of sp³-hybridized carbons (Fsp3) is 0.250. The van der Waals surface area contributed by atoms with Crippen LogP contribution in [0.15, 0.2) is 30.5 Å². The van der Waals surface area contributed by atoms with E-state index >= 15 is 0 Å². The lowest BCUT2D eigenvalue weighted by Gasteiger charge is -2.18. The van der Waals surface area contributed by atoms with Crippen molar-refractivity contribution in [1.29, 1.82) is 0 Å². The molecule has 2 N–H and O–H groups in total. The summed E-state index contributed by atoms with van der Waals surface area (Å²) in [5.41, 5.74) is 6.75. The third-order valence-corrected chi connectivity index (χ3v) is 3.92. The Morgan fingerprint density at radius 2 is 2.15 bits per heavy atom. The number of H-pyrrole nitrogens is 1. The number of fused-ring (bicyclic) bond motifs is 2. The van der Waals surface area contributed by atoms with Crippen molar-refractivity contribution in [3.05, 3.63) is 41.6 Å². The average Bonchev–Trinajstić information content (AvgIpc) is 2.92. The maximum Gasteiger partial charge on any atom is 0.178 e. The second kappa shape index (κ2) is 4.34. The number of nitrogens with one attached hydrogen (secondary N) is 2. The highest BCUT2D eigenvalue weighted by atomic mass is 15.0. The predicted molar refractivity (Wildman–Crippen MR) is 80.9 cm³/mol. The molecule has 0 aliphatic carbocycles. The number of hydrogen-bond donors (Lipinski definition) is 2. The number of aromatic amines is 1. The van der Waals surface area contributed by atoms with Gasteiger partial charge in [-0.15, -0.1) is 0 Å². The highest BCUT2D eigenvalue weighted by molar-refractivity contribution is 5.79. The molecule has 3 aromatic rings. The van der Waals surface area contributed by atoms with Gasteiger partial charge in [0, 0.05) is 24.0 Å². The molecule has 20 heavy (non-hydrogen) atoms. The largest absolute Gasteiger partial charge is 0.385 e. The molecule has 0 saturated heterocycles. The number of benzene rings is 1. The van der Waals surface area contributed by atoms with Gasteiger partial charge in [-0.1, -0.05) is 0 Å². The summed E-state index contributed by atoms with van der Waals surface area (Å²) in [6.07, 6.45) is 4.13. The van der Waals surface area contributed by atoms with Crippen LogP contribution in [0.3, 0.4) is 0 Å². The third kappa shape index (κ3) is 1.76. The van der Waals surface area contributed by atoms with E-state index < -0.39 is 0 Å². The SMILES string of the molecule is Cc1ccnc2nc(-c3ccc4c(c3)CCCN4)[nH]c12. The van der Waals surface area contributed by atoms with E-state index in [2.05, 4.69) is 45.4 Å². The summed E-state index contributed by atoms with van der Waals surface area (Å²) in [6.45, 7) is 3.14. The number of imidazole rings is 1. The minimum absolute atomic E-state index is 0.788. The van der Waals surface area contributed by atoms with Crippen LogP contribution in [0, 0.1) is 6.92 Å². The van der Waals surface area contributed by atoms with Crippen LogP contribution in [0.25, 0.3) is 22.6 Å². The number of rotatable bonds is 1. The Morgan fingerprint density at radius 1 is 1.20 bits per heavy atom. The zero-order chi connectivity index (χ0) is 13.5. The van der Waals surface area contributed by atoms with Crippen LogP contribution in [0.1, 0.15) is 17.5 Å². The van der Waals surface area contributed by atoms with Gasteiger partial charge in [0.1, 0.15) is 5.82 Å². The molecule has 2 aromatic heterocycles. The van der Waals surface area contributed by atoms with Crippen LogP contribution >= 0.6 is 0 Å². The van der Waals surface area contributed by atoms with E-state index in [1.807, 2.05) is 6.07 Å². The van der Waals surface area contributed by atoms with Gasteiger partial charge in [0.05, 0.1) is 5.52 Å². The maximum atomic E-state index is 4.61. The Hall–Kier alpha value is -2.36. The van der Waals surface area contributed by atoms with Gasteiger partial charge in [-0.3, -0.25) is 0 Å². The van der Waals surface area contributed by atoms with Crippen molar-refractivity contribution < 1.29 is 0 Å². The van der Waals surface area contributed by atoms with Crippen molar-refractivity contribution in [1.82, 2.24) is 15.0 Å². The van der Waals surface area contributed by atoms with Crippen molar-refractivity contribution >= 4 is 16.9 Å². The number of aryl methyl sites for hydroxylation is 2. The molecular weight excluding hydrogens is 248 g/mol. The molecule has 0 spiro atoms. The number of aromatic nitrogens is 3. The molecule has 0 radical (unpaired) electrons. The zero-order valence-corrected chi connectivity index (χ0v) is 11.4. The average molecular weight is 264 g/mol. The molecule has 3 heterocycles. The first-order chi connectivity index (χ1) is 9.81. The van der Waals surface area contributed by atoms with Crippen molar-refractivity contribution in [2.45, 2.75) is 19.8 Å². The second-order valence-corrected chi connectivity index (χ2v) is 5.31. The summed E-state index contributed by atoms with van der Waals surface area (Å²) in [4.78, 5) is 12.3. The summed E-state index contributed by atoms with van der Waals surface area (Å²) in [5, 5.41) is 3.43. The predicted octanol–water partition coefficient (Wildman–Crippen LogP) is 3.29. The van der Waals surface area contributed by atoms with Gasteiger partial charge in [-0.05, 0) is 55.2 Å². The van der Waals surface area contributed by atoms with Gasteiger partial charge in [-0.2, -0.15) is 0 Å². The van der Waals surface area contributed by atoms with Crippen LogP contribution < -0.4 is 5.32 Å². The Balaban J connectivity index is 1.84. The maximum absolute atomic E-state index is 4.61. The monoisotopic (exact) mass is 264 g/mol. The fourth-order valence-electron chi connectivity index (χ4n) is 2.79. The van der Waals surface area contributed by atoms with Gasteiger partial charge in [0.15, 0.2) is 5.65 Å². The molecule has 0 bridgehead atoms. The van der Waals surface area contributed by atoms with Crippen molar-refractivity contribution in [3.63, 3.8) is 0 Å². The van der Waals surface area contributed by atoms with Crippen molar-refractivity contribution in [3.8, 4) is 11.4 Å². The van der Waals surface area contributed by atoms with E-state index in [-0.39, 0.29) is 0 Å². The zero-order valence-electron chi connectivity index (χ0n) is 11.4.